The van der Waals surface area contributed by atoms with E-state index >= 15 is 0 Å². The third-order valence-electron chi connectivity index (χ3n) is 6.08. The molecule has 0 aromatic heterocycles. The molecule has 30 heavy (non-hydrogen) atoms. The number of hydrogen-bond acceptors (Lipinski definition) is 3. The maximum absolute atomic E-state index is 12.3. The molecular weight excluding hydrogens is 489 g/mol. The summed E-state index contributed by atoms with van der Waals surface area (Å²) in [5.41, 5.74) is 1.33. The molecule has 168 valence electrons. The van der Waals surface area contributed by atoms with Gasteiger partial charge in [-0.3, -0.25) is 9.69 Å². The lowest BCUT2D eigenvalue weighted by Gasteiger charge is -2.37. The van der Waals surface area contributed by atoms with Crippen molar-refractivity contribution in [2.24, 2.45) is 10.9 Å². The predicted molar refractivity (Wildman–Crippen MR) is 134 cm³/mol. The molecule has 0 radical (unpaired) electrons. The fraction of sp³-hybridized carbons (Fsp3) is 0.652. The van der Waals surface area contributed by atoms with Crippen molar-refractivity contribution in [1.29, 1.82) is 0 Å². The summed E-state index contributed by atoms with van der Waals surface area (Å²) in [5, 5.41) is 6.80. The smallest absolute Gasteiger partial charge is 0.244 e. The Hall–Kier alpha value is -1.35. The highest BCUT2D eigenvalue weighted by Crippen LogP contribution is 2.26. The van der Waals surface area contributed by atoms with Crippen LogP contribution in [0.15, 0.2) is 35.3 Å². The van der Waals surface area contributed by atoms with E-state index in [2.05, 4.69) is 64.7 Å². The molecule has 1 atom stereocenters. The standard InChI is InChI=1S/C23H37N5O.HI/c1-3-24-23(26-18-22(29)28-13-7-8-14-28)25-17-21(20-9-5-4-6-10-20)27-15-11-19(2)12-16-27;/h4-6,9-10,19,21H,3,7-8,11-18H2,1-2H3,(H2,24,25,26);1H. The lowest BCUT2D eigenvalue weighted by atomic mass is 9.95. The Bertz CT molecular complexity index is 655. The van der Waals surface area contributed by atoms with Gasteiger partial charge in [0, 0.05) is 26.2 Å². The first kappa shape index (κ1) is 24.9. The molecule has 2 aliphatic rings. The number of piperidine rings is 1. The van der Waals surface area contributed by atoms with Crippen molar-refractivity contribution >= 4 is 35.8 Å². The maximum atomic E-state index is 12.3. The molecule has 1 aromatic carbocycles. The predicted octanol–water partition coefficient (Wildman–Crippen LogP) is 3.26. The first-order valence-electron chi connectivity index (χ1n) is 11.3. The second kappa shape index (κ2) is 13.1. The molecule has 2 saturated heterocycles. The van der Waals surface area contributed by atoms with Crippen LogP contribution in [0.4, 0.5) is 0 Å². The van der Waals surface area contributed by atoms with E-state index in [1.54, 1.807) is 0 Å². The van der Waals surface area contributed by atoms with E-state index in [0.29, 0.717) is 6.04 Å². The van der Waals surface area contributed by atoms with E-state index in [1.807, 2.05) is 4.90 Å². The van der Waals surface area contributed by atoms with E-state index < -0.39 is 0 Å². The highest BCUT2D eigenvalue weighted by atomic mass is 127. The molecule has 7 heteroatoms. The normalized spacial score (nSPS) is 19.3. The van der Waals surface area contributed by atoms with Crippen molar-refractivity contribution in [2.45, 2.75) is 45.6 Å². The quantitative estimate of drug-likeness (QED) is 0.325. The lowest BCUT2D eigenvalue weighted by Crippen LogP contribution is -2.45. The van der Waals surface area contributed by atoms with Crippen LogP contribution < -0.4 is 10.6 Å². The van der Waals surface area contributed by atoms with Gasteiger partial charge in [-0.25, -0.2) is 4.99 Å². The van der Waals surface area contributed by atoms with E-state index in [0.717, 1.165) is 64.0 Å². The average Bonchev–Trinajstić information content (AvgIpc) is 3.29. The van der Waals surface area contributed by atoms with Crippen molar-refractivity contribution in [1.82, 2.24) is 20.4 Å². The Kier molecular flexibility index (Phi) is 10.9. The number of nitrogens with one attached hydrogen (secondary N) is 2. The van der Waals surface area contributed by atoms with Gasteiger partial charge in [-0.05, 0) is 57.2 Å². The number of likely N-dealkylation sites (tertiary alicyclic amines) is 2. The molecule has 2 fully saturated rings. The average molecular weight is 527 g/mol. The summed E-state index contributed by atoms with van der Waals surface area (Å²) in [7, 11) is 0. The minimum atomic E-state index is 0. The van der Waals surface area contributed by atoms with E-state index in [1.165, 1.54) is 18.4 Å². The molecule has 1 aromatic rings. The molecule has 2 aliphatic heterocycles. The van der Waals surface area contributed by atoms with Gasteiger partial charge in [-0.1, -0.05) is 37.3 Å². The summed E-state index contributed by atoms with van der Waals surface area (Å²) in [6.07, 6.45) is 4.73. The number of carbonyl (C=O) groups is 1. The van der Waals surface area contributed by atoms with Gasteiger partial charge in [0.05, 0.1) is 6.04 Å². The molecule has 0 saturated carbocycles. The van der Waals surface area contributed by atoms with Crippen molar-refractivity contribution in [3.63, 3.8) is 0 Å². The van der Waals surface area contributed by atoms with Crippen molar-refractivity contribution in [3.05, 3.63) is 35.9 Å². The summed E-state index contributed by atoms with van der Waals surface area (Å²) < 4.78 is 0. The van der Waals surface area contributed by atoms with Gasteiger partial charge in [0.15, 0.2) is 5.96 Å². The monoisotopic (exact) mass is 527 g/mol. The van der Waals surface area contributed by atoms with Crippen molar-refractivity contribution in [3.8, 4) is 0 Å². The summed E-state index contributed by atoms with van der Waals surface area (Å²) in [5.74, 6) is 1.67. The molecule has 3 rings (SSSR count). The number of hydrogen-bond donors (Lipinski definition) is 2. The lowest BCUT2D eigenvalue weighted by molar-refractivity contribution is -0.128. The molecular formula is C23H38IN5O. The van der Waals surface area contributed by atoms with Crippen LogP contribution in [-0.2, 0) is 4.79 Å². The fourth-order valence-corrected chi connectivity index (χ4v) is 4.22. The number of halogens is 1. The van der Waals surface area contributed by atoms with Crippen LogP contribution in [0.1, 0.15) is 51.1 Å². The van der Waals surface area contributed by atoms with E-state index in [9.17, 15) is 4.79 Å². The van der Waals surface area contributed by atoms with Crippen molar-refractivity contribution < 1.29 is 4.79 Å². The number of guanidine groups is 1. The number of carbonyl (C=O) groups excluding carboxylic acids is 1. The summed E-state index contributed by atoms with van der Waals surface area (Å²) >= 11 is 0. The molecule has 0 spiro atoms. The molecule has 1 unspecified atom stereocenters. The summed E-state index contributed by atoms with van der Waals surface area (Å²) in [4.78, 5) is 21.4. The number of rotatable bonds is 7. The molecule has 6 nitrogen and oxygen atoms in total. The second-order valence-corrected chi connectivity index (χ2v) is 8.31. The van der Waals surface area contributed by atoms with Gasteiger partial charge >= 0.3 is 0 Å². The number of amides is 1. The molecule has 1 amide bonds. The Morgan fingerprint density at radius 2 is 1.77 bits per heavy atom. The zero-order valence-electron chi connectivity index (χ0n) is 18.5. The van der Waals surface area contributed by atoms with Crippen molar-refractivity contribution in [2.75, 3.05) is 45.8 Å². The molecule has 2 heterocycles. The summed E-state index contributed by atoms with van der Waals surface area (Å²) in [6.45, 7) is 10.2. The maximum Gasteiger partial charge on any atom is 0.244 e. The fourth-order valence-electron chi connectivity index (χ4n) is 4.22. The number of nitrogens with zero attached hydrogens (tertiary/aromatic N) is 3. The highest BCUT2D eigenvalue weighted by Gasteiger charge is 2.25. The van der Waals surface area contributed by atoms with Crippen LogP contribution in [-0.4, -0.2) is 67.5 Å². The minimum absolute atomic E-state index is 0. The van der Waals surface area contributed by atoms with Gasteiger partial charge < -0.3 is 15.5 Å². The highest BCUT2D eigenvalue weighted by molar-refractivity contribution is 14.0. The van der Waals surface area contributed by atoms with Gasteiger partial charge in [-0.2, -0.15) is 0 Å². The van der Waals surface area contributed by atoms with Crippen LogP contribution in [0.25, 0.3) is 0 Å². The molecule has 0 aliphatic carbocycles. The van der Waals surface area contributed by atoms with Gasteiger partial charge in [0.1, 0.15) is 6.54 Å². The summed E-state index contributed by atoms with van der Waals surface area (Å²) in [6, 6.07) is 11.0. The second-order valence-electron chi connectivity index (χ2n) is 8.31. The van der Waals surface area contributed by atoms with E-state index in [-0.39, 0.29) is 36.4 Å². The number of benzene rings is 1. The van der Waals surface area contributed by atoms with Gasteiger partial charge in [0.2, 0.25) is 5.91 Å². The first-order chi connectivity index (χ1) is 14.2. The first-order valence-corrected chi connectivity index (χ1v) is 11.3. The van der Waals surface area contributed by atoms with Crippen LogP contribution in [0, 0.1) is 5.92 Å². The molecule has 0 bridgehead atoms. The topological polar surface area (TPSA) is 60.0 Å². The van der Waals surface area contributed by atoms with Crippen LogP contribution in [0.3, 0.4) is 0 Å². The van der Waals surface area contributed by atoms with Crippen LogP contribution in [0.2, 0.25) is 0 Å². The third kappa shape index (κ3) is 7.41. The Morgan fingerprint density at radius 1 is 1.10 bits per heavy atom. The third-order valence-corrected chi connectivity index (χ3v) is 6.08. The number of aliphatic imine (C=N–C) groups is 1. The largest absolute Gasteiger partial charge is 0.357 e. The SMILES string of the molecule is CCNC(=NCC(=O)N1CCCC1)NCC(c1ccccc1)N1CCC(C)CC1.I. The van der Waals surface area contributed by atoms with Gasteiger partial charge in [0.25, 0.3) is 0 Å². The Morgan fingerprint density at radius 3 is 2.40 bits per heavy atom. The van der Waals surface area contributed by atoms with Crippen LogP contribution in [0.5, 0.6) is 0 Å². The molecule has 2 N–H and O–H groups in total. The Labute approximate surface area is 198 Å². The zero-order chi connectivity index (χ0) is 20.5. The van der Waals surface area contributed by atoms with E-state index in [4.69, 9.17) is 0 Å². The Balaban J connectivity index is 0.00000320. The zero-order valence-corrected chi connectivity index (χ0v) is 20.8. The van der Waals surface area contributed by atoms with Crippen LogP contribution >= 0.6 is 24.0 Å². The van der Waals surface area contributed by atoms with Gasteiger partial charge in [-0.15, -0.1) is 24.0 Å². The minimum Gasteiger partial charge on any atom is -0.357 e.